The monoisotopic (exact) mass is 368 g/mol. The molecule has 27 heavy (non-hydrogen) atoms. The van der Waals surface area contributed by atoms with Crippen LogP contribution in [0.3, 0.4) is 0 Å². The molecule has 3 aromatic rings. The molecule has 1 fully saturated rings. The summed E-state index contributed by atoms with van der Waals surface area (Å²) in [5.41, 5.74) is 1.45. The number of fused-ring (bicyclic) bond motifs is 2. The number of hydrogen-bond acceptors (Lipinski definition) is 6. The van der Waals surface area contributed by atoms with Gasteiger partial charge in [0.15, 0.2) is 11.6 Å². The first-order valence-corrected chi connectivity index (χ1v) is 8.73. The lowest BCUT2D eigenvalue weighted by atomic mass is 10.2. The SMILES string of the molecule is Cc1c(OC[C@@H]2CO2)cn2ncnc(Oc3ccc4c(c3F)=CC(C)N=4)c12. The molecule has 7 nitrogen and oxygen atoms in total. The van der Waals surface area contributed by atoms with E-state index < -0.39 is 5.82 Å². The van der Waals surface area contributed by atoms with Crippen molar-refractivity contribution >= 4 is 11.6 Å². The van der Waals surface area contributed by atoms with Crippen molar-refractivity contribution in [2.75, 3.05) is 13.2 Å². The molecule has 2 atom stereocenters. The zero-order chi connectivity index (χ0) is 18.5. The maximum absolute atomic E-state index is 14.9. The molecule has 1 saturated heterocycles. The number of rotatable bonds is 5. The predicted molar refractivity (Wildman–Crippen MR) is 94.1 cm³/mol. The Labute approximate surface area is 153 Å². The summed E-state index contributed by atoms with van der Waals surface area (Å²) in [5.74, 6) is 0.598. The van der Waals surface area contributed by atoms with Gasteiger partial charge in [0.05, 0.1) is 24.2 Å². The lowest BCUT2D eigenvalue weighted by molar-refractivity contribution is 0.262. The van der Waals surface area contributed by atoms with Crippen molar-refractivity contribution < 1.29 is 18.6 Å². The topological polar surface area (TPSA) is 73.5 Å². The van der Waals surface area contributed by atoms with Gasteiger partial charge >= 0.3 is 0 Å². The second-order valence-corrected chi connectivity index (χ2v) is 6.69. The number of benzene rings is 1. The fourth-order valence-corrected chi connectivity index (χ4v) is 3.19. The third-order valence-electron chi connectivity index (χ3n) is 4.65. The standard InChI is InChI=1S/C19H17FN4O3/c1-10-5-13-14(23-10)3-4-15(17(13)20)27-19-18-11(2)16(26-8-12-7-25-12)6-24(18)22-9-21-19/h3-6,9-10,12H,7-8H2,1-2H3/t10?,12-/m0/s1. The molecule has 0 bridgehead atoms. The summed E-state index contributed by atoms with van der Waals surface area (Å²) in [6, 6.07) is 3.28. The maximum Gasteiger partial charge on any atom is 0.247 e. The van der Waals surface area contributed by atoms with Crippen LogP contribution in [0.1, 0.15) is 12.5 Å². The van der Waals surface area contributed by atoms with E-state index in [-0.39, 0.29) is 23.8 Å². The molecule has 2 aliphatic heterocycles. The zero-order valence-corrected chi connectivity index (χ0v) is 14.8. The first kappa shape index (κ1) is 16.2. The van der Waals surface area contributed by atoms with E-state index in [1.54, 1.807) is 28.9 Å². The number of aryl methyl sites for hydroxylation is 1. The van der Waals surface area contributed by atoms with Crippen LogP contribution in [0, 0.1) is 12.7 Å². The third-order valence-corrected chi connectivity index (χ3v) is 4.65. The molecule has 8 heteroatoms. The minimum Gasteiger partial charge on any atom is -0.489 e. The number of halogens is 1. The average Bonchev–Trinajstić information content (AvgIpc) is 3.32. The molecule has 0 amide bonds. The Hall–Kier alpha value is -3.00. The molecule has 0 N–H and O–H groups in total. The van der Waals surface area contributed by atoms with E-state index in [1.165, 1.54) is 6.33 Å². The highest BCUT2D eigenvalue weighted by Gasteiger charge is 2.24. The van der Waals surface area contributed by atoms with Crippen LogP contribution in [-0.2, 0) is 4.74 Å². The van der Waals surface area contributed by atoms with Gasteiger partial charge in [-0.15, -0.1) is 0 Å². The molecule has 0 spiro atoms. The molecule has 138 valence electrons. The highest BCUT2D eigenvalue weighted by Crippen LogP contribution is 2.32. The lowest BCUT2D eigenvalue weighted by Gasteiger charge is -2.08. The van der Waals surface area contributed by atoms with Gasteiger partial charge in [-0.1, -0.05) is 0 Å². The molecule has 0 saturated carbocycles. The molecule has 1 aromatic carbocycles. The van der Waals surface area contributed by atoms with E-state index in [0.29, 0.717) is 28.4 Å². The van der Waals surface area contributed by atoms with Crippen LogP contribution in [0.4, 0.5) is 4.39 Å². The number of epoxide rings is 1. The van der Waals surface area contributed by atoms with Gasteiger partial charge in [0.25, 0.3) is 0 Å². The number of nitrogens with zero attached hydrogens (tertiary/aromatic N) is 4. The van der Waals surface area contributed by atoms with Crippen molar-refractivity contribution in [2.24, 2.45) is 4.99 Å². The summed E-state index contributed by atoms with van der Waals surface area (Å²) in [7, 11) is 0. The molecule has 5 rings (SSSR count). The zero-order valence-electron chi connectivity index (χ0n) is 14.8. The van der Waals surface area contributed by atoms with Gasteiger partial charge in [0, 0.05) is 10.8 Å². The Morgan fingerprint density at radius 1 is 1.33 bits per heavy atom. The number of hydrogen-bond donors (Lipinski definition) is 0. The van der Waals surface area contributed by atoms with Gasteiger partial charge in [-0.2, -0.15) is 10.1 Å². The van der Waals surface area contributed by atoms with E-state index in [4.69, 9.17) is 14.2 Å². The Morgan fingerprint density at radius 3 is 3.00 bits per heavy atom. The molecule has 1 unspecified atom stereocenters. The quantitative estimate of drug-likeness (QED) is 0.639. The average molecular weight is 368 g/mol. The molecule has 4 heterocycles. The first-order valence-electron chi connectivity index (χ1n) is 8.73. The molecule has 0 radical (unpaired) electrons. The smallest absolute Gasteiger partial charge is 0.247 e. The highest BCUT2D eigenvalue weighted by molar-refractivity contribution is 5.67. The van der Waals surface area contributed by atoms with Gasteiger partial charge in [-0.3, -0.25) is 4.99 Å². The van der Waals surface area contributed by atoms with Crippen LogP contribution < -0.4 is 20.0 Å². The summed E-state index contributed by atoms with van der Waals surface area (Å²) in [5, 5.41) is 5.30. The van der Waals surface area contributed by atoms with Crippen molar-refractivity contribution in [3.05, 3.63) is 46.6 Å². The second-order valence-electron chi connectivity index (χ2n) is 6.69. The minimum atomic E-state index is -0.441. The summed E-state index contributed by atoms with van der Waals surface area (Å²) < 4.78 is 33.3. The Kier molecular flexibility index (Phi) is 3.61. The van der Waals surface area contributed by atoms with Gasteiger partial charge < -0.3 is 14.2 Å². The van der Waals surface area contributed by atoms with Gasteiger partial charge in [0.2, 0.25) is 5.88 Å². The molecule has 0 aliphatic carbocycles. The molecule has 2 aromatic heterocycles. The lowest BCUT2D eigenvalue weighted by Crippen LogP contribution is -2.25. The van der Waals surface area contributed by atoms with Crippen molar-refractivity contribution in [1.29, 1.82) is 0 Å². The highest BCUT2D eigenvalue weighted by atomic mass is 19.1. The fraction of sp³-hybridized carbons (Fsp3) is 0.316. The molecule has 2 aliphatic rings. The predicted octanol–water partition coefficient (Wildman–Crippen LogP) is 1.55. The maximum atomic E-state index is 14.9. The Morgan fingerprint density at radius 2 is 2.19 bits per heavy atom. The summed E-state index contributed by atoms with van der Waals surface area (Å²) >= 11 is 0. The van der Waals surface area contributed by atoms with E-state index in [1.807, 2.05) is 13.8 Å². The van der Waals surface area contributed by atoms with E-state index in [9.17, 15) is 4.39 Å². The van der Waals surface area contributed by atoms with Gasteiger partial charge in [0.1, 0.15) is 30.3 Å². The number of aromatic nitrogens is 3. The summed E-state index contributed by atoms with van der Waals surface area (Å²) in [4.78, 5) is 8.56. The normalized spacial score (nSPS) is 20.1. The van der Waals surface area contributed by atoms with Crippen LogP contribution in [-0.4, -0.2) is 40.0 Å². The van der Waals surface area contributed by atoms with Crippen LogP contribution >= 0.6 is 0 Å². The van der Waals surface area contributed by atoms with Crippen molar-refractivity contribution in [3.63, 3.8) is 0 Å². The van der Waals surface area contributed by atoms with Crippen LogP contribution in [0.25, 0.3) is 11.6 Å². The summed E-state index contributed by atoms with van der Waals surface area (Å²) in [6.07, 6.45) is 5.06. The number of ether oxygens (including phenoxy) is 3. The first-order chi connectivity index (χ1) is 13.1. The molecular weight excluding hydrogens is 351 g/mol. The van der Waals surface area contributed by atoms with E-state index in [0.717, 1.165) is 12.2 Å². The minimum absolute atomic E-state index is 0.0430. The Bertz CT molecular complexity index is 1170. The largest absolute Gasteiger partial charge is 0.489 e. The van der Waals surface area contributed by atoms with Crippen molar-refractivity contribution in [2.45, 2.75) is 26.0 Å². The van der Waals surface area contributed by atoms with Crippen LogP contribution in [0.15, 0.2) is 29.6 Å². The van der Waals surface area contributed by atoms with E-state index in [2.05, 4.69) is 15.1 Å². The van der Waals surface area contributed by atoms with Gasteiger partial charge in [-0.25, -0.2) is 8.91 Å². The fourth-order valence-electron chi connectivity index (χ4n) is 3.19. The van der Waals surface area contributed by atoms with Crippen molar-refractivity contribution in [1.82, 2.24) is 14.6 Å². The van der Waals surface area contributed by atoms with Crippen LogP contribution in [0.5, 0.6) is 17.4 Å². The van der Waals surface area contributed by atoms with E-state index >= 15 is 0 Å². The summed E-state index contributed by atoms with van der Waals surface area (Å²) in [6.45, 7) is 5.01. The third kappa shape index (κ3) is 2.82. The Balaban J connectivity index is 1.53. The molecular formula is C19H17FN4O3. The van der Waals surface area contributed by atoms with Gasteiger partial charge in [-0.05, 0) is 32.1 Å². The van der Waals surface area contributed by atoms with Crippen molar-refractivity contribution in [3.8, 4) is 17.4 Å². The second kappa shape index (κ2) is 6.02. The van der Waals surface area contributed by atoms with Crippen LogP contribution in [0.2, 0.25) is 0 Å².